The maximum atomic E-state index is 12.8. The zero-order chi connectivity index (χ0) is 21.7. The number of thioether (sulfide) groups is 1. The van der Waals surface area contributed by atoms with Gasteiger partial charge < -0.3 is 18.8 Å². The Balaban J connectivity index is 2.16. The van der Waals surface area contributed by atoms with Gasteiger partial charge in [0.15, 0.2) is 16.3 Å². The van der Waals surface area contributed by atoms with Crippen molar-refractivity contribution in [1.29, 1.82) is 0 Å². The summed E-state index contributed by atoms with van der Waals surface area (Å²) < 4.78 is 18.3. The number of amides is 1. The fourth-order valence-corrected chi connectivity index (χ4v) is 4.38. The predicted molar refractivity (Wildman–Crippen MR) is 118 cm³/mol. The molecule has 3 aromatic rings. The molecule has 30 heavy (non-hydrogen) atoms. The second-order valence-electron chi connectivity index (χ2n) is 6.10. The average molecular weight is 447 g/mol. The Hall–Kier alpha value is -2.78. The Bertz CT molecular complexity index is 1150. The van der Waals surface area contributed by atoms with Gasteiger partial charge in [0.05, 0.1) is 31.0 Å². The van der Waals surface area contributed by atoms with Crippen molar-refractivity contribution in [2.24, 2.45) is 4.99 Å². The normalized spacial score (nSPS) is 11.5. The van der Waals surface area contributed by atoms with E-state index < -0.39 is 5.97 Å². The van der Waals surface area contributed by atoms with Crippen molar-refractivity contribution >= 4 is 45.2 Å². The summed E-state index contributed by atoms with van der Waals surface area (Å²) >= 11 is 2.84. The molecule has 0 radical (unpaired) electrons. The highest BCUT2D eigenvalue weighted by molar-refractivity contribution is 7.98. The molecule has 1 heterocycles. The summed E-state index contributed by atoms with van der Waals surface area (Å²) in [6, 6.07) is 10.8. The van der Waals surface area contributed by atoms with E-state index in [4.69, 9.17) is 14.2 Å². The minimum absolute atomic E-state index is 0.0692. The third kappa shape index (κ3) is 4.68. The standard InChI is InChI=1S/C21H22N2O5S2/c1-5-28-19(24)12-23-15-10-16(26-2)17(27-3)11-18(15)30-21(23)22-20(25)13-7-6-8-14(9-13)29-4/h6-11H,5,12H2,1-4H3. The van der Waals surface area contributed by atoms with Crippen LogP contribution in [0, 0.1) is 0 Å². The highest BCUT2D eigenvalue weighted by Crippen LogP contribution is 2.33. The molecule has 0 aliphatic heterocycles. The van der Waals surface area contributed by atoms with Crippen LogP contribution in [-0.4, -0.2) is 43.5 Å². The van der Waals surface area contributed by atoms with Crippen molar-refractivity contribution in [3.8, 4) is 11.5 Å². The molecular weight excluding hydrogens is 424 g/mol. The van der Waals surface area contributed by atoms with Gasteiger partial charge in [-0.15, -0.1) is 11.8 Å². The molecule has 0 bridgehead atoms. The van der Waals surface area contributed by atoms with E-state index in [1.165, 1.54) is 11.3 Å². The first-order chi connectivity index (χ1) is 14.5. The van der Waals surface area contributed by atoms with E-state index in [2.05, 4.69) is 4.99 Å². The number of ether oxygens (including phenoxy) is 3. The van der Waals surface area contributed by atoms with E-state index in [1.807, 2.05) is 18.4 Å². The molecule has 3 rings (SSSR count). The number of aromatic nitrogens is 1. The van der Waals surface area contributed by atoms with Gasteiger partial charge in [0, 0.05) is 22.6 Å². The van der Waals surface area contributed by atoms with Crippen LogP contribution >= 0.6 is 23.1 Å². The third-order valence-corrected chi connectivity index (χ3v) is 6.06. The molecular formula is C21H22N2O5S2. The topological polar surface area (TPSA) is 79.1 Å². The first-order valence-corrected chi connectivity index (χ1v) is 11.2. The Kier molecular flexibility index (Phi) is 7.17. The Morgan fingerprint density at radius 3 is 2.53 bits per heavy atom. The Morgan fingerprint density at radius 2 is 1.87 bits per heavy atom. The maximum absolute atomic E-state index is 12.8. The minimum Gasteiger partial charge on any atom is -0.493 e. The number of hydrogen-bond donors (Lipinski definition) is 0. The van der Waals surface area contributed by atoms with Crippen LogP contribution in [0.2, 0.25) is 0 Å². The molecule has 0 atom stereocenters. The highest BCUT2D eigenvalue weighted by Gasteiger charge is 2.16. The number of methoxy groups -OCH3 is 2. The molecule has 0 saturated heterocycles. The lowest BCUT2D eigenvalue weighted by atomic mass is 10.2. The average Bonchev–Trinajstić information content (AvgIpc) is 3.08. The zero-order valence-electron chi connectivity index (χ0n) is 17.1. The number of fused-ring (bicyclic) bond motifs is 1. The van der Waals surface area contributed by atoms with Gasteiger partial charge >= 0.3 is 5.97 Å². The van der Waals surface area contributed by atoms with Crippen molar-refractivity contribution in [3.05, 3.63) is 46.8 Å². The van der Waals surface area contributed by atoms with Gasteiger partial charge in [0.25, 0.3) is 5.91 Å². The third-order valence-electron chi connectivity index (χ3n) is 4.29. The molecule has 7 nitrogen and oxygen atoms in total. The smallest absolute Gasteiger partial charge is 0.326 e. The summed E-state index contributed by atoms with van der Waals surface area (Å²) in [5, 5.41) is 0. The van der Waals surface area contributed by atoms with Gasteiger partial charge in [-0.25, -0.2) is 0 Å². The lowest BCUT2D eigenvalue weighted by Gasteiger charge is -2.09. The van der Waals surface area contributed by atoms with Gasteiger partial charge in [-0.05, 0) is 31.4 Å². The maximum Gasteiger partial charge on any atom is 0.326 e. The van der Waals surface area contributed by atoms with Crippen LogP contribution in [0.25, 0.3) is 10.2 Å². The van der Waals surface area contributed by atoms with Gasteiger partial charge in [0.1, 0.15) is 6.54 Å². The van der Waals surface area contributed by atoms with Crippen LogP contribution in [0.3, 0.4) is 0 Å². The van der Waals surface area contributed by atoms with E-state index in [9.17, 15) is 9.59 Å². The molecule has 0 N–H and O–H groups in total. The molecule has 0 fully saturated rings. The Morgan fingerprint density at radius 1 is 1.13 bits per heavy atom. The van der Waals surface area contributed by atoms with Gasteiger partial charge in [0.2, 0.25) is 0 Å². The van der Waals surface area contributed by atoms with Crippen LogP contribution in [0.15, 0.2) is 46.3 Å². The SMILES string of the molecule is CCOC(=O)Cn1c(=NC(=O)c2cccc(SC)c2)sc2cc(OC)c(OC)cc21. The molecule has 2 aromatic carbocycles. The van der Waals surface area contributed by atoms with Crippen molar-refractivity contribution < 1.29 is 23.8 Å². The predicted octanol–water partition coefficient (Wildman–Crippen LogP) is 3.75. The van der Waals surface area contributed by atoms with E-state index in [1.54, 1.807) is 61.7 Å². The van der Waals surface area contributed by atoms with Crippen LogP contribution in [0.4, 0.5) is 0 Å². The second-order valence-corrected chi connectivity index (χ2v) is 7.99. The number of hydrogen-bond acceptors (Lipinski definition) is 7. The summed E-state index contributed by atoms with van der Waals surface area (Å²) in [5.74, 6) is 0.283. The molecule has 0 spiro atoms. The van der Waals surface area contributed by atoms with Crippen molar-refractivity contribution in [1.82, 2.24) is 4.57 Å². The number of benzene rings is 2. The van der Waals surface area contributed by atoms with Crippen LogP contribution < -0.4 is 14.3 Å². The molecule has 0 aliphatic rings. The van der Waals surface area contributed by atoms with Crippen molar-refractivity contribution in [2.75, 3.05) is 27.1 Å². The largest absolute Gasteiger partial charge is 0.493 e. The number of thiazole rings is 1. The number of esters is 1. The van der Waals surface area contributed by atoms with Crippen LogP contribution in [-0.2, 0) is 16.1 Å². The number of rotatable bonds is 7. The van der Waals surface area contributed by atoms with E-state index in [0.29, 0.717) is 27.4 Å². The van der Waals surface area contributed by atoms with E-state index >= 15 is 0 Å². The zero-order valence-corrected chi connectivity index (χ0v) is 18.8. The molecule has 0 saturated carbocycles. The van der Waals surface area contributed by atoms with Crippen LogP contribution in [0.1, 0.15) is 17.3 Å². The minimum atomic E-state index is -0.412. The van der Waals surface area contributed by atoms with Crippen molar-refractivity contribution in [3.63, 3.8) is 0 Å². The summed E-state index contributed by atoms with van der Waals surface area (Å²) in [6.07, 6.45) is 1.95. The quantitative estimate of drug-likeness (QED) is 0.406. The van der Waals surface area contributed by atoms with Crippen LogP contribution in [0.5, 0.6) is 11.5 Å². The fourth-order valence-electron chi connectivity index (χ4n) is 2.88. The lowest BCUT2D eigenvalue weighted by Crippen LogP contribution is -2.23. The highest BCUT2D eigenvalue weighted by atomic mass is 32.2. The van der Waals surface area contributed by atoms with E-state index in [0.717, 1.165) is 9.60 Å². The first-order valence-electron chi connectivity index (χ1n) is 9.14. The molecule has 0 aliphatic carbocycles. The first kappa shape index (κ1) is 21.9. The summed E-state index contributed by atoms with van der Waals surface area (Å²) in [4.78, 5) is 30.7. The number of carbonyl (C=O) groups is 2. The summed E-state index contributed by atoms with van der Waals surface area (Å²) in [7, 11) is 3.09. The van der Waals surface area contributed by atoms with Gasteiger partial charge in [-0.2, -0.15) is 4.99 Å². The Labute approximate surface area is 182 Å². The fraction of sp³-hybridized carbons (Fsp3) is 0.286. The van der Waals surface area contributed by atoms with Crippen molar-refractivity contribution in [2.45, 2.75) is 18.4 Å². The molecule has 0 unspecified atom stereocenters. The van der Waals surface area contributed by atoms with Gasteiger partial charge in [-0.1, -0.05) is 17.4 Å². The summed E-state index contributed by atoms with van der Waals surface area (Å²) in [5.41, 5.74) is 1.19. The van der Waals surface area contributed by atoms with Gasteiger partial charge in [-0.3, -0.25) is 9.59 Å². The molecule has 1 amide bonds. The monoisotopic (exact) mass is 446 g/mol. The summed E-state index contributed by atoms with van der Waals surface area (Å²) in [6.45, 7) is 1.95. The molecule has 158 valence electrons. The molecule has 1 aromatic heterocycles. The van der Waals surface area contributed by atoms with E-state index in [-0.39, 0.29) is 19.1 Å². The number of carbonyl (C=O) groups excluding carboxylic acids is 2. The lowest BCUT2D eigenvalue weighted by molar-refractivity contribution is -0.143. The number of nitrogens with zero attached hydrogens (tertiary/aromatic N) is 2. The molecule has 9 heteroatoms. The second kappa shape index (κ2) is 9.82.